The molecule has 0 aliphatic carbocycles. The maximum absolute atomic E-state index is 12.4. The first-order valence-electron chi connectivity index (χ1n) is 6.90. The van der Waals surface area contributed by atoms with Gasteiger partial charge in [-0.1, -0.05) is 35.9 Å². The van der Waals surface area contributed by atoms with E-state index in [9.17, 15) is 4.79 Å². The van der Waals surface area contributed by atoms with Gasteiger partial charge in [0.15, 0.2) is 5.52 Å². The van der Waals surface area contributed by atoms with E-state index in [0.29, 0.717) is 23.8 Å². The van der Waals surface area contributed by atoms with Crippen LogP contribution in [-0.2, 0) is 4.74 Å². The number of hydrogen-bond donors (Lipinski definition) is 0. The zero-order chi connectivity index (χ0) is 15.9. The molecule has 6 heteroatoms. The number of rotatable bonds is 7. The van der Waals surface area contributed by atoms with E-state index in [1.54, 1.807) is 13.2 Å². The van der Waals surface area contributed by atoms with Gasteiger partial charge in [-0.05, 0) is 44.6 Å². The predicted molar refractivity (Wildman–Crippen MR) is 99.4 cm³/mol. The molecule has 0 bridgehead atoms. The molecule has 2 rings (SSSR count). The molecule has 0 saturated carbocycles. The second kappa shape index (κ2) is 10.1. The van der Waals surface area contributed by atoms with Crippen molar-refractivity contribution in [3.8, 4) is 5.75 Å². The average Bonchev–Trinajstić information content (AvgIpc) is 2.49. The fraction of sp³-hybridized carbons (Fsp3) is 0.235. The van der Waals surface area contributed by atoms with Gasteiger partial charge in [0.25, 0.3) is 0 Å². The van der Waals surface area contributed by atoms with Gasteiger partial charge in [-0.3, -0.25) is 4.79 Å². The van der Waals surface area contributed by atoms with Crippen LogP contribution < -0.4 is 10.0 Å². The summed E-state index contributed by atoms with van der Waals surface area (Å²) in [4.78, 5) is 12.4. The van der Waals surface area contributed by atoms with Crippen molar-refractivity contribution in [2.45, 2.75) is 6.92 Å². The van der Waals surface area contributed by atoms with E-state index >= 15 is 0 Å². The Morgan fingerprint density at radius 1 is 1.13 bits per heavy atom. The molecule has 0 N–H and O–H groups in total. The van der Waals surface area contributed by atoms with E-state index in [1.807, 2.05) is 43.3 Å². The molecule has 0 fully saturated rings. The number of carbonyl (C=O) groups is 1. The van der Waals surface area contributed by atoms with Crippen LogP contribution in [0.4, 0.5) is 0 Å². The fourth-order valence-electron chi connectivity index (χ4n) is 1.99. The topological polar surface area (TPSA) is 35.5 Å². The van der Waals surface area contributed by atoms with Gasteiger partial charge in [-0.2, -0.15) is 0 Å². The van der Waals surface area contributed by atoms with Gasteiger partial charge in [0.05, 0.1) is 11.6 Å². The van der Waals surface area contributed by atoms with Crippen LogP contribution in [0.5, 0.6) is 5.75 Å². The Hall–Kier alpha value is -0.813. The van der Waals surface area contributed by atoms with Gasteiger partial charge in [-0.25, -0.2) is 0 Å². The predicted octanol–water partition coefficient (Wildman–Crippen LogP) is 3.17. The van der Waals surface area contributed by atoms with Crippen molar-refractivity contribution < 1.29 is 14.3 Å². The van der Waals surface area contributed by atoms with E-state index in [4.69, 9.17) is 21.1 Å². The number of halogens is 1. The normalized spacial score (nSPS) is 10.6. The first-order valence-corrected chi connectivity index (χ1v) is 8.28. The van der Waals surface area contributed by atoms with Gasteiger partial charge in [0.2, 0.25) is 0 Å². The standard InChI is InChI=1S/C17H18ClO3P.Li.H/c1-12-4-3-5-15(18)16(12)17(19)22-14-8-6-13(7-9-14)21-11-10-20-2;;/h3-9,22H,10-11H2,1-2H3;;. The van der Waals surface area contributed by atoms with Crippen LogP contribution >= 0.6 is 20.2 Å². The summed E-state index contributed by atoms with van der Waals surface area (Å²) in [6.45, 7) is 2.96. The monoisotopic (exact) mass is 344 g/mol. The minimum absolute atomic E-state index is 0. The maximum atomic E-state index is 12.4. The van der Waals surface area contributed by atoms with Gasteiger partial charge >= 0.3 is 18.9 Å². The molecule has 23 heavy (non-hydrogen) atoms. The first kappa shape index (κ1) is 20.2. The Morgan fingerprint density at radius 3 is 2.43 bits per heavy atom. The number of ether oxygens (including phenoxy) is 2. The number of hydrogen-bond acceptors (Lipinski definition) is 3. The third-order valence-corrected chi connectivity index (χ3v) is 4.53. The van der Waals surface area contributed by atoms with E-state index in [2.05, 4.69) is 0 Å². The van der Waals surface area contributed by atoms with Crippen LogP contribution in [-0.4, -0.2) is 44.7 Å². The summed E-state index contributed by atoms with van der Waals surface area (Å²) in [5.74, 6) is 0.770. The van der Waals surface area contributed by atoms with Crippen molar-refractivity contribution in [1.82, 2.24) is 0 Å². The Morgan fingerprint density at radius 2 is 1.83 bits per heavy atom. The summed E-state index contributed by atoms with van der Waals surface area (Å²) >= 11 is 6.14. The number of aryl methyl sites for hydroxylation is 1. The Balaban J connectivity index is 0.00000264. The summed E-state index contributed by atoms with van der Waals surface area (Å²) in [6, 6.07) is 13.0. The van der Waals surface area contributed by atoms with Crippen LogP contribution in [0.1, 0.15) is 15.9 Å². The molecule has 0 aromatic heterocycles. The van der Waals surface area contributed by atoms with Crippen molar-refractivity contribution in [3.63, 3.8) is 0 Å². The second-order valence-corrected chi connectivity index (χ2v) is 6.44. The molecular formula is C17H19ClLiO3P. The van der Waals surface area contributed by atoms with E-state index < -0.39 is 0 Å². The molecule has 2 aromatic carbocycles. The van der Waals surface area contributed by atoms with Crippen molar-refractivity contribution in [3.05, 3.63) is 58.6 Å². The van der Waals surface area contributed by atoms with Gasteiger partial charge in [-0.15, -0.1) is 0 Å². The summed E-state index contributed by atoms with van der Waals surface area (Å²) in [5, 5.41) is 1.47. The third-order valence-electron chi connectivity index (χ3n) is 3.12. The quantitative estimate of drug-likeness (QED) is 0.440. The molecular weight excluding hydrogens is 326 g/mol. The molecule has 0 radical (unpaired) electrons. The Kier molecular flexibility index (Phi) is 8.92. The molecule has 118 valence electrons. The van der Waals surface area contributed by atoms with Crippen molar-refractivity contribution >= 4 is 49.9 Å². The molecule has 0 spiro atoms. The molecule has 0 heterocycles. The van der Waals surface area contributed by atoms with Gasteiger partial charge < -0.3 is 9.47 Å². The van der Waals surface area contributed by atoms with Crippen LogP contribution in [0, 0.1) is 6.92 Å². The summed E-state index contributed by atoms with van der Waals surface area (Å²) in [7, 11) is 1.68. The van der Waals surface area contributed by atoms with E-state index in [-0.39, 0.29) is 33.0 Å². The molecule has 1 unspecified atom stereocenters. The molecule has 0 amide bonds. The van der Waals surface area contributed by atoms with Crippen molar-refractivity contribution in [1.29, 1.82) is 0 Å². The van der Waals surface area contributed by atoms with E-state index in [0.717, 1.165) is 16.6 Å². The number of benzene rings is 2. The molecule has 0 aliphatic heterocycles. The molecule has 2 aromatic rings. The van der Waals surface area contributed by atoms with Crippen molar-refractivity contribution in [2.75, 3.05) is 20.3 Å². The van der Waals surface area contributed by atoms with Gasteiger partial charge in [0, 0.05) is 12.7 Å². The third kappa shape index (κ3) is 5.96. The van der Waals surface area contributed by atoms with E-state index in [1.165, 1.54) is 0 Å². The fourth-order valence-corrected chi connectivity index (χ4v) is 3.43. The molecule has 0 saturated heterocycles. The van der Waals surface area contributed by atoms with Crippen LogP contribution in [0.3, 0.4) is 0 Å². The molecule has 0 aliphatic rings. The van der Waals surface area contributed by atoms with Gasteiger partial charge in [0.1, 0.15) is 12.4 Å². The van der Waals surface area contributed by atoms with Crippen LogP contribution in [0.15, 0.2) is 42.5 Å². The van der Waals surface area contributed by atoms with Crippen LogP contribution in [0.2, 0.25) is 5.02 Å². The second-order valence-electron chi connectivity index (χ2n) is 4.75. The van der Waals surface area contributed by atoms with Crippen LogP contribution in [0.25, 0.3) is 0 Å². The Bertz CT molecular complexity index is 627. The summed E-state index contributed by atoms with van der Waals surface area (Å²) in [6.07, 6.45) is 0. The van der Waals surface area contributed by atoms with Crippen molar-refractivity contribution in [2.24, 2.45) is 0 Å². The summed E-state index contributed by atoms with van der Waals surface area (Å²) < 4.78 is 10.4. The summed E-state index contributed by atoms with van der Waals surface area (Å²) in [5.41, 5.74) is 1.57. The number of methoxy groups -OCH3 is 1. The average molecular weight is 345 g/mol. The number of carbonyl (C=O) groups excluding carboxylic acids is 1. The zero-order valence-corrected chi connectivity index (χ0v) is 14.3. The first-order chi connectivity index (χ1) is 10.6. The molecule has 3 nitrogen and oxygen atoms in total. The minimum atomic E-state index is 0. The molecule has 1 atom stereocenters. The zero-order valence-electron chi connectivity index (χ0n) is 12.6. The Labute approximate surface area is 155 Å². The SMILES string of the molecule is COCCOc1ccc(PC(=O)c2c(C)cccc2Cl)cc1.[LiH].